The number of aromatic nitrogens is 3. The maximum atomic E-state index is 14.1. The topological polar surface area (TPSA) is 218 Å². The number of ether oxygens (including phenoxy) is 2. The summed E-state index contributed by atoms with van der Waals surface area (Å²) in [6, 6.07) is 10.7. The first-order valence-electron chi connectivity index (χ1n) is 19.5. The summed E-state index contributed by atoms with van der Waals surface area (Å²) >= 11 is 0. The summed E-state index contributed by atoms with van der Waals surface area (Å²) in [5, 5.41) is 45.1. The van der Waals surface area contributed by atoms with E-state index in [1.807, 2.05) is 6.07 Å². The lowest BCUT2D eigenvalue weighted by Gasteiger charge is -2.26. The van der Waals surface area contributed by atoms with Crippen LogP contribution in [-0.2, 0) is 29.7 Å². The van der Waals surface area contributed by atoms with Crippen LogP contribution in [0.25, 0.3) is 5.52 Å². The van der Waals surface area contributed by atoms with E-state index in [1.54, 1.807) is 18.2 Å². The third-order valence-electron chi connectivity index (χ3n) is 10.0. The first kappa shape index (κ1) is 44.2. The standard InChI is InChI=1S/C39H56FN6O8P/c1-2-3-4-5-6-7-8-9-10-11-12-13-14-15-16-17-32(51-24-30-20-29(23-41)21-31(40)22-30)25-52-55(49,50)53-27-39(26-42)37(48)35(47)36(54-39)33-18-19-34-38(43)44-28-45-46(33)34/h18-22,28,32,35-37,47-48H,2-17,24-25,27H2,1H3,(H,49,50)(H2,43,44,45)/t32-,35+,36+,37+,39-/m1/s1. The number of nitriles is 2. The number of aliphatic hydroxyl groups excluding tert-OH is 2. The quantitative estimate of drug-likeness (QED) is 0.0462. The van der Waals surface area contributed by atoms with Crippen molar-refractivity contribution < 1.29 is 42.6 Å². The fourth-order valence-electron chi connectivity index (χ4n) is 6.84. The molecule has 5 N–H and O–H groups in total. The van der Waals surface area contributed by atoms with Crippen molar-refractivity contribution in [2.75, 3.05) is 18.9 Å². The van der Waals surface area contributed by atoms with Crippen molar-refractivity contribution in [1.29, 1.82) is 10.5 Å². The Kier molecular flexibility index (Phi) is 17.9. The molecule has 6 atom stereocenters. The molecule has 16 heteroatoms. The SMILES string of the molecule is CCCCCCCCCCCCCCCCC[C@H](COP(=O)(O)OC[C@@]1(C#N)O[C@@H](c2ccc3c(N)ncnn23)[C@H](O)[C@@H]1O)OCc1cc(F)cc(C#N)c1. The number of benzene rings is 1. The minimum Gasteiger partial charge on any atom is -0.387 e. The van der Waals surface area contributed by atoms with E-state index in [4.69, 9.17) is 24.3 Å². The van der Waals surface area contributed by atoms with Gasteiger partial charge in [-0.1, -0.05) is 103 Å². The van der Waals surface area contributed by atoms with Gasteiger partial charge in [0.25, 0.3) is 0 Å². The maximum Gasteiger partial charge on any atom is 0.472 e. The zero-order valence-corrected chi connectivity index (χ0v) is 32.6. The summed E-state index contributed by atoms with van der Waals surface area (Å²) in [4.78, 5) is 14.5. The second-order valence-corrected chi connectivity index (χ2v) is 15.8. The largest absolute Gasteiger partial charge is 0.472 e. The van der Waals surface area contributed by atoms with Crippen LogP contribution in [0.2, 0.25) is 0 Å². The van der Waals surface area contributed by atoms with Gasteiger partial charge in [-0.15, -0.1) is 0 Å². The molecule has 55 heavy (non-hydrogen) atoms. The van der Waals surface area contributed by atoms with Crippen molar-refractivity contribution in [2.24, 2.45) is 0 Å². The summed E-state index contributed by atoms with van der Waals surface area (Å²) in [6.45, 7) is 0.870. The number of halogens is 1. The number of fused-ring (bicyclic) bond motifs is 1. The Balaban J connectivity index is 1.26. The van der Waals surface area contributed by atoms with Crippen molar-refractivity contribution in [3.63, 3.8) is 0 Å². The predicted molar refractivity (Wildman–Crippen MR) is 203 cm³/mol. The zero-order valence-electron chi connectivity index (χ0n) is 31.7. The normalized spacial score (nSPS) is 21.3. The number of nitrogens with two attached hydrogens (primary N) is 1. The number of hydrogen-bond donors (Lipinski definition) is 4. The highest BCUT2D eigenvalue weighted by Crippen LogP contribution is 2.48. The molecule has 0 amide bonds. The molecule has 3 heterocycles. The molecular formula is C39H56FN6O8P. The van der Waals surface area contributed by atoms with Crippen molar-refractivity contribution in [2.45, 2.75) is 146 Å². The Morgan fingerprint density at radius 1 is 0.982 bits per heavy atom. The fourth-order valence-corrected chi connectivity index (χ4v) is 7.62. The first-order valence-corrected chi connectivity index (χ1v) is 21.0. The smallest absolute Gasteiger partial charge is 0.387 e. The van der Waals surface area contributed by atoms with E-state index in [-0.39, 0.29) is 30.3 Å². The maximum absolute atomic E-state index is 14.1. The molecule has 2 aromatic heterocycles. The van der Waals surface area contributed by atoms with Gasteiger partial charge in [-0.05, 0) is 42.3 Å². The lowest BCUT2D eigenvalue weighted by Crippen LogP contribution is -2.45. The van der Waals surface area contributed by atoms with E-state index in [0.29, 0.717) is 17.5 Å². The van der Waals surface area contributed by atoms with Crippen LogP contribution in [-0.4, -0.2) is 66.8 Å². The second-order valence-electron chi connectivity index (χ2n) is 14.3. The minimum atomic E-state index is -4.87. The highest BCUT2D eigenvalue weighted by Gasteiger charge is 2.57. The Labute approximate surface area is 323 Å². The highest BCUT2D eigenvalue weighted by molar-refractivity contribution is 7.47. The van der Waals surface area contributed by atoms with Crippen molar-refractivity contribution >= 4 is 19.2 Å². The number of hydrogen-bond acceptors (Lipinski definition) is 12. The summed E-state index contributed by atoms with van der Waals surface area (Å²) in [6.07, 6.45) is 14.3. The molecule has 1 aliphatic rings. The number of unbranched alkanes of at least 4 members (excludes halogenated alkanes) is 14. The molecule has 0 saturated carbocycles. The van der Waals surface area contributed by atoms with Crippen LogP contribution in [0.5, 0.6) is 0 Å². The van der Waals surface area contributed by atoms with E-state index in [9.17, 15) is 34.6 Å². The number of nitrogen functional groups attached to an aromatic ring is 1. The molecule has 1 saturated heterocycles. The molecule has 4 rings (SSSR count). The molecule has 302 valence electrons. The van der Waals surface area contributed by atoms with Gasteiger partial charge in [0.2, 0.25) is 5.60 Å². The first-order chi connectivity index (χ1) is 26.5. The third-order valence-corrected chi connectivity index (χ3v) is 10.9. The van der Waals surface area contributed by atoms with Crippen LogP contribution >= 0.6 is 7.82 Å². The Hall–Kier alpha value is -3.50. The number of anilines is 1. The minimum absolute atomic E-state index is 0.0718. The molecule has 1 aliphatic heterocycles. The predicted octanol–water partition coefficient (Wildman–Crippen LogP) is 7.36. The molecule has 1 unspecified atom stereocenters. The molecule has 0 bridgehead atoms. The van der Waals surface area contributed by atoms with Crippen LogP contribution in [0.3, 0.4) is 0 Å². The highest BCUT2D eigenvalue weighted by atomic mass is 31.2. The average Bonchev–Trinajstić information content (AvgIpc) is 3.71. The van der Waals surface area contributed by atoms with Crippen molar-refractivity contribution in [3.05, 3.63) is 59.3 Å². The molecule has 14 nitrogen and oxygen atoms in total. The van der Waals surface area contributed by atoms with Gasteiger partial charge in [-0.2, -0.15) is 15.6 Å². The van der Waals surface area contributed by atoms with Gasteiger partial charge in [-0.3, -0.25) is 9.05 Å². The van der Waals surface area contributed by atoms with Crippen LogP contribution in [0.4, 0.5) is 10.2 Å². The summed E-state index contributed by atoms with van der Waals surface area (Å²) < 4.78 is 50.8. The third kappa shape index (κ3) is 13.3. The second kappa shape index (κ2) is 22.3. The van der Waals surface area contributed by atoms with E-state index in [1.165, 1.54) is 93.6 Å². The van der Waals surface area contributed by atoms with E-state index in [0.717, 1.165) is 31.7 Å². The Bertz CT molecular complexity index is 1770. The fraction of sp³-hybridized carbons (Fsp3) is 0.641. The number of nitrogens with zero attached hydrogens (tertiary/aromatic N) is 5. The van der Waals surface area contributed by atoms with Crippen molar-refractivity contribution in [1.82, 2.24) is 14.6 Å². The van der Waals surface area contributed by atoms with Gasteiger partial charge in [-0.25, -0.2) is 18.5 Å². The molecule has 0 radical (unpaired) electrons. The molecule has 0 spiro atoms. The lowest BCUT2D eigenvalue weighted by molar-refractivity contribution is -0.0763. The van der Waals surface area contributed by atoms with Crippen LogP contribution in [0.1, 0.15) is 133 Å². The van der Waals surface area contributed by atoms with E-state index >= 15 is 0 Å². The molecule has 3 aromatic rings. The number of rotatable bonds is 26. The van der Waals surface area contributed by atoms with Crippen LogP contribution in [0.15, 0.2) is 36.7 Å². The van der Waals surface area contributed by atoms with Gasteiger partial charge in [0, 0.05) is 0 Å². The van der Waals surface area contributed by atoms with Gasteiger partial charge < -0.3 is 30.3 Å². The number of phosphoric ester groups is 1. The van der Waals surface area contributed by atoms with Gasteiger partial charge in [0.1, 0.15) is 48.6 Å². The van der Waals surface area contributed by atoms with E-state index in [2.05, 4.69) is 17.0 Å². The Morgan fingerprint density at radius 3 is 2.24 bits per heavy atom. The van der Waals surface area contributed by atoms with Gasteiger partial charge in [0.05, 0.1) is 36.6 Å². The monoisotopic (exact) mass is 786 g/mol. The summed E-state index contributed by atoms with van der Waals surface area (Å²) in [5.41, 5.74) is 4.88. The van der Waals surface area contributed by atoms with Gasteiger partial charge in [0.15, 0.2) is 5.82 Å². The average molecular weight is 787 g/mol. The summed E-state index contributed by atoms with van der Waals surface area (Å²) in [7, 11) is -4.87. The zero-order chi connectivity index (χ0) is 39.7. The molecule has 1 fully saturated rings. The number of phosphoric acid groups is 1. The summed E-state index contributed by atoms with van der Waals surface area (Å²) in [5.74, 6) is -0.425. The molecule has 1 aromatic carbocycles. The van der Waals surface area contributed by atoms with Gasteiger partial charge >= 0.3 is 7.82 Å². The van der Waals surface area contributed by atoms with Crippen molar-refractivity contribution in [3.8, 4) is 12.1 Å². The Morgan fingerprint density at radius 2 is 1.62 bits per heavy atom. The van der Waals surface area contributed by atoms with Crippen LogP contribution in [0, 0.1) is 28.5 Å². The molecule has 0 aliphatic carbocycles. The van der Waals surface area contributed by atoms with Crippen LogP contribution < -0.4 is 5.73 Å². The van der Waals surface area contributed by atoms with E-state index < -0.39 is 50.3 Å². The molecular weight excluding hydrogens is 730 g/mol. The number of aliphatic hydroxyl groups is 2. The lowest BCUT2D eigenvalue weighted by atomic mass is 9.96.